The molecule has 1 rings (SSSR count). The second-order valence-electron chi connectivity index (χ2n) is 2.59. The molecule has 0 aliphatic heterocycles. The third-order valence-electron chi connectivity index (χ3n) is 1.54. The molecule has 0 bridgehead atoms. The first kappa shape index (κ1) is 9.32. The summed E-state index contributed by atoms with van der Waals surface area (Å²) in [7, 11) is 0. The van der Waals surface area contributed by atoms with Crippen molar-refractivity contribution in [1.29, 1.82) is 0 Å². The number of nitrogen functional groups attached to an aromatic ring is 1. The van der Waals surface area contributed by atoms with Crippen LogP contribution >= 0.6 is 0 Å². The summed E-state index contributed by atoms with van der Waals surface area (Å²) < 4.78 is 4.87. The zero-order valence-corrected chi connectivity index (χ0v) is 7.41. The normalized spacial score (nSPS) is 9.31. The second-order valence-corrected chi connectivity index (χ2v) is 2.59. The number of carbonyl (C=O) groups is 1. The van der Waals surface area contributed by atoms with E-state index in [-0.39, 0.29) is 5.97 Å². The van der Waals surface area contributed by atoms with Gasteiger partial charge in [0, 0.05) is 18.2 Å². The van der Waals surface area contributed by atoms with Crippen molar-refractivity contribution >= 4 is 17.7 Å². The van der Waals surface area contributed by atoms with E-state index in [1.54, 1.807) is 24.3 Å². The standard InChI is InChI=1S/C10H11NO2/c1-3-8-6-9(13-7(2)12)4-5-10(8)11/h3-6H,1,11H2,2H3. The first-order chi connectivity index (χ1) is 6.13. The van der Waals surface area contributed by atoms with Crippen LogP contribution in [0.5, 0.6) is 5.75 Å². The minimum Gasteiger partial charge on any atom is -0.427 e. The number of ether oxygens (including phenoxy) is 1. The SMILES string of the molecule is C=Cc1cc(OC(C)=O)ccc1N. The molecule has 0 aromatic heterocycles. The van der Waals surface area contributed by atoms with Gasteiger partial charge in [0.05, 0.1) is 0 Å². The molecule has 68 valence electrons. The van der Waals surface area contributed by atoms with Crippen LogP contribution in [0.2, 0.25) is 0 Å². The van der Waals surface area contributed by atoms with Gasteiger partial charge in [0.25, 0.3) is 0 Å². The fraction of sp³-hybridized carbons (Fsp3) is 0.100. The minimum atomic E-state index is -0.347. The van der Waals surface area contributed by atoms with Gasteiger partial charge in [-0.15, -0.1) is 0 Å². The average Bonchev–Trinajstić information content (AvgIpc) is 2.07. The molecule has 0 aliphatic rings. The fourth-order valence-electron chi connectivity index (χ4n) is 0.959. The Balaban J connectivity index is 2.99. The molecule has 0 fully saturated rings. The molecule has 3 heteroatoms. The maximum Gasteiger partial charge on any atom is 0.308 e. The van der Waals surface area contributed by atoms with Gasteiger partial charge in [-0.05, 0) is 18.2 Å². The van der Waals surface area contributed by atoms with Crippen LogP contribution in [0.25, 0.3) is 6.08 Å². The first-order valence-electron chi connectivity index (χ1n) is 3.84. The van der Waals surface area contributed by atoms with Crippen LogP contribution in [0.4, 0.5) is 5.69 Å². The van der Waals surface area contributed by atoms with E-state index < -0.39 is 0 Å². The molecule has 0 unspecified atom stereocenters. The molecular formula is C10H11NO2. The van der Waals surface area contributed by atoms with E-state index in [4.69, 9.17) is 10.5 Å². The van der Waals surface area contributed by atoms with Gasteiger partial charge < -0.3 is 10.5 Å². The maximum atomic E-state index is 10.6. The van der Waals surface area contributed by atoms with Crippen molar-refractivity contribution in [3.8, 4) is 5.75 Å². The van der Waals surface area contributed by atoms with Crippen LogP contribution in [-0.4, -0.2) is 5.97 Å². The predicted octanol–water partition coefficient (Wildman–Crippen LogP) is 1.84. The summed E-state index contributed by atoms with van der Waals surface area (Å²) in [6, 6.07) is 4.99. The summed E-state index contributed by atoms with van der Waals surface area (Å²) in [4.78, 5) is 10.6. The number of benzene rings is 1. The van der Waals surface area contributed by atoms with E-state index in [1.165, 1.54) is 6.92 Å². The van der Waals surface area contributed by atoms with Gasteiger partial charge in [0.15, 0.2) is 0 Å². The molecule has 1 aromatic carbocycles. The van der Waals surface area contributed by atoms with Crippen LogP contribution in [0, 0.1) is 0 Å². The van der Waals surface area contributed by atoms with Crippen molar-refractivity contribution < 1.29 is 9.53 Å². The number of hydrogen-bond acceptors (Lipinski definition) is 3. The van der Waals surface area contributed by atoms with Crippen molar-refractivity contribution in [2.24, 2.45) is 0 Å². The third-order valence-corrected chi connectivity index (χ3v) is 1.54. The van der Waals surface area contributed by atoms with Crippen molar-refractivity contribution in [2.75, 3.05) is 5.73 Å². The molecule has 13 heavy (non-hydrogen) atoms. The lowest BCUT2D eigenvalue weighted by Gasteiger charge is -2.04. The molecule has 0 spiro atoms. The number of carbonyl (C=O) groups excluding carboxylic acids is 1. The lowest BCUT2D eigenvalue weighted by Crippen LogP contribution is -2.01. The van der Waals surface area contributed by atoms with Crippen molar-refractivity contribution in [2.45, 2.75) is 6.92 Å². The number of esters is 1. The zero-order valence-electron chi connectivity index (χ0n) is 7.41. The number of anilines is 1. The Morgan fingerprint density at radius 3 is 2.85 bits per heavy atom. The van der Waals surface area contributed by atoms with E-state index in [0.29, 0.717) is 11.4 Å². The lowest BCUT2D eigenvalue weighted by molar-refractivity contribution is -0.131. The van der Waals surface area contributed by atoms with Gasteiger partial charge in [-0.2, -0.15) is 0 Å². The van der Waals surface area contributed by atoms with Gasteiger partial charge in [-0.25, -0.2) is 0 Å². The van der Waals surface area contributed by atoms with E-state index in [1.807, 2.05) is 0 Å². The minimum absolute atomic E-state index is 0.347. The molecule has 0 radical (unpaired) electrons. The molecule has 2 N–H and O–H groups in total. The smallest absolute Gasteiger partial charge is 0.308 e. The van der Waals surface area contributed by atoms with Gasteiger partial charge >= 0.3 is 5.97 Å². The molecule has 0 aliphatic carbocycles. The topological polar surface area (TPSA) is 52.3 Å². The van der Waals surface area contributed by atoms with E-state index in [2.05, 4.69) is 6.58 Å². The van der Waals surface area contributed by atoms with Crippen LogP contribution < -0.4 is 10.5 Å². The molecule has 3 nitrogen and oxygen atoms in total. The first-order valence-corrected chi connectivity index (χ1v) is 3.84. The van der Waals surface area contributed by atoms with Crippen LogP contribution in [0.3, 0.4) is 0 Å². The number of nitrogens with two attached hydrogens (primary N) is 1. The Morgan fingerprint density at radius 2 is 2.31 bits per heavy atom. The van der Waals surface area contributed by atoms with Gasteiger partial charge in [-0.1, -0.05) is 12.7 Å². The molecule has 0 amide bonds. The highest BCUT2D eigenvalue weighted by Crippen LogP contribution is 2.20. The maximum absolute atomic E-state index is 10.6. The van der Waals surface area contributed by atoms with E-state index in [9.17, 15) is 4.79 Å². The summed E-state index contributed by atoms with van der Waals surface area (Å²) in [5, 5.41) is 0. The highest BCUT2D eigenvalue weighted by atomic mass is 16.5. The summed E-state index contributed by atoms with van der Waals surface area (Å²) in [5.41, 5.74) is 7.00. The number of rotatable bonds is 2. The van der Waals surface area contributed by atoms with Gasteiger partial charge in [0.2, 0.25) is 0 Å². The Hall–Kier alpha value is -1.77. The Kier molecular flexibility index (Phi) is 2.69. The zero-order chi connectivity index (χ0) is 9.84. The highest BCUT2D eigenvalue weighted by Gasteiger charge is 2.00. The van der Waals surface area contributed by atoms with Crippen molar-refractivity contribution in [3.63, 3.8) is 0 Å². The van der Waals surface area contributed by atoms with Crippen molar-refractivity contribution in [1.82, 2.24) is 0 Å². The molecule has 0 heterocycles. The monoisotopic (exact) mass is 177 g/mol. The van der Waals surface area contributed by atoms with Crippen molar-refractivity contribution in [3.05, 3.63) is 30.3 Å². The quantitative estimate of drug-likeness (QED) is 0.426. The Bertz CT molecular complexity index is 345. The summed E-state index contributed by atoms with van der Waals surface area (Å²) in [6.45, 7) is 4.94. The average molecular weight is 177 g/mol. The predicted molar refractivity (Wildman–Crippen MR) is 52.3 cm³/mol. The molecular weight excluding hydrogens is 166 g/mol. The van der Waals surface area contributed by atoms with Crippen LogP contribution in [0.15, 0.2) is 24.8 Å². The summed E-state index contributed by atoms with van der Waals surface area (Å²) >= 11 is 0. The third kappa shape index (κ3) is 2.33. The second kappa shape index (κ2) is 3.76. The molecule has 0 saturated carbocycles. The fourth-order valence-corrected chi connectivity index (χ4v) is 0.959. The molecule has 1 aromatic rings. The molecule has 0 atom stereocenters. The Labute approximate surface area is 76.8 Å². The van der Waals surface area contributed by atoms with Gasteiger partial charge in [0.1, 0.15) is 5.75 Å². The summed E-state index contributed by atoms with van der Waals surface area (Å²) in [5.74, 6) is 0.136. The van der Waals surface area contributed by atoms with E-state index in [0.717, 1.165) is 5.56 Å². The largest absolute Gasteiger partial charge is 0.427 e. The molecule has 0 saturated heterocycles. The summed E-state index contributed by atoms with van der Waals surface area (Å²) in [6.07, 6.45) is 1.61. The number of hydrogen-bond donors (Lipinski definition) is 1. The van der Waals surface area contributed by atoms with Gasteiger partial charge in [-0.3, -0.25) is 4.79 Å². The van der Waals surface area contributed by atoms with Crippen LogP contribution in [0.1, 0.15) is 12.5 Å². The Morgan fingerprint density at radius 1 is 1.62 bits per heavy atom. The lowest BCUT2D eigenvalue weighted by atomic mass is 10.2. The van der Waals surface area contributed by atoms with Crippen LogP contribution in [-0.2, 0) is 4.79 Å². The van der Waals surface area contributed by atoms with E-state index >= 15 is 0 Å². The highest BCUT2D eigenvalue weighted by molar-refractivity contribution is 5.71.